The maximum atomic E-state index is 12.0. The minimum atomic E-state index is -0.354. The summed E-state index contributed by atoms with van der Waals surface area (Å²) in [7, 11) is 0. The van der Waals surface area contributed by atoms with E-state index < -0.39 is 0 Å². The number of rotatable bonds is 6. The van der Waals surface area contributed by atoms with Crippen LogP contribution in [0.2, 0.25) is 0 Å². The molecule has 0 bridgehead atoms. The molecule has 132 valence electrons. The van der Waals surface area contributed by atoms with Gasteiger partial charge in [-0.1, -0.05) is 24.3 Å². The Labute approximate surface area is 147 Å². The lowest BCUT2D eigenvalue weighted by atomic mass is 9.89. The van der Waals surface area contributed by atoms with Gasteiger partial charge in [-0.05, 0) is 55.9 Å². The zero-order valence-corrected chi connectivity index (χ0v) is 14.5. The largest absolute Gasteiger partial charge is 0.373 e. The van der Waals surface area contributed by atoms with Crippen molar-refractivity contribution in [2.45, 2.75) is 38.7 Å². The first-order valence-corrected chi connectivity index (χ1v) is 8.82. The van der Waals surface area contributed by atoms with Crippen LogP contribution in [-0.2, 0) is 11.2 Å². The Morgan fingerprint density at radius 3 is 2.96 bits per heavy atom. The molecule has 1 aromatic heterocycles. The van der Waals surface area contributed by atoms with E-state index in [1.165, 1.54) is 11.1 Å². The fourth-order valence-corrected chi connectivity index (χ4v) is 3.23. The molecule has 0 radical (unpaired) electrons. The molecule has 5 nitrogen and oxygen atoms in total. The summed E-state index contributed by atoms with van der Waals surface area (Å²) in [5, 5.41) is 2.78. The van der Waals surface area contributed by atoms with Crippen LogP contribution < -0.4 is 10.9 Å². The van der Waals surface area contributed by atoms with E-state index in [1.807, 2.05) is 0 Å². The van der Waals surface area contributed by atoms with Gasteiger partial charge in [0.25, 0.3) is 11.5 Å². The Morgan fingerprint density at radius 2 is 2.12 bits per heavy atom. The number of carbonyl (C=O) groups excluding carboxylic acids is 1. The SMILES string of the molecule is Cc1ccc(C(=O)NCCCO[C@@H]2CCCc3ccccc32)c(=O)[nH]1. The van der Waals surface area contributed by atoms with Crippen molar-refractivity contribution in [1.82, 2.24) is 10.3 Å². The number of amides is 1. The van der Waals surface area contributed by atoms with Gasteiger partial charge in [-0.3, -0.25) is 9.59 Å². The average molecular weight is 340 g/mol. The van der Waals surface area contributed by atoms with Crippen LogP contribution in [0.5, 0.6) is 0 Å². The zero-order valence-electron chi connectivity index (χ0n) is 14.5. The number of aromatic nitrogens is 1. The summed E-state index contributed by atoms with van der Waals surface area (Å²) in [5.74, 6) is -0.343. The van der Waals surface area contributed by atoms with Crippen LogP contribution in [0.15, 0.2) is 41.2 Å². The number of H-pyrrole nitrogens is 1. The van der Waals surface area contributed by atoms with Gasteiger partial charge < -0.3 is 15.0 Å². The third kappa shape index (κ3) is 4.37. The molecule has 0 saturated heterocycles. The van der Waals surface area contributed by atoms with E-state index >= 15 is 0 Å². The van der Waals surface area contributed by atoms with Crippen molar-refractivity contribution in [1.29, 1.82) is 0 Å². The molecule has 0 spiro atoms. The van der Waals surface area contributed by atoms with E-state index in [-0.39, 0.29) is 23.1 Å². The number of hydrogen-bond donors (Lipinski definition) is 2. The quantitative estimate of drug-likeness (QED) is 0.794. The molecule has 1 aliphatic rings. The van der Waals surface area contributed by atoms with E-state index in [4.69, 9.17) is 4.74 Å². The van der Waals surface area contributed by atoms with Gasteiger partial charge in [0.15, 0.2) is 0 Å². The first-order valence-electron chi connectivity index (χ1n) is 8.82. The van der Waals surface area contributed by atoms with Crippen molar-refractivity contribution < 1.29 is 9.53 Å². The predicted molar refractivity (Wildman–Crippen MR) is 96.8 cm³/mol. The van der Waals surface area contributed by atoms with E-state index in [0.29, 0.717) is 19.6 Å². The van der Waals surface area contributed by atoms with Gasteiger partial charge in [-0.25, -0.2) is 0 Å². The smallest absolute Gasteiger partial charge is 0.260 e. The molecule has 1 atom stereocenters. The molecule has 1 aliphatic carbocycles. The zero-order chi connectivity index (χ0) is 17.6. The van der Waals surface area contributed by atoms with Gasteiger partial charge in [-0.15, -0.1) is 0 Å². The minimum Gasteiger partial charge on any atom is -0.373 e. The number of aromatic amines is 1. The fourth-order valence-electron chi connectivity index (χ4n) is 3.23. The fraction of sp³-hybridized carbons (Fsp3) is 0.400. The molecular weight excluding hydrogens is 316 g/mol. The van der Waals surface area contributed by atoms with Gasteiger partial charge in [-0.2, -0.15) is 0 Å². The number of benzene rings is 1. The van der Waals surface area contributed by atoms with Crippen molar-refractivity contribution in [2.24, 2.45) is 0 Å². The van der Waals surface area contributed by atoms with Crippen LogP contribution in [0.3, 0.4) is 0 Å². The number of aryl methyl sites for hydroxylation is 2. The molecule has 3 rings (SSSR count). The lowest BCUT2D eigenvalue weighted by Gasteiger charge is -2.25. The highest BCUT2D eigenvalue weighted by molar-refractivity contribution is 5.93. The van der Waals surface area contributed by atoms with Gasteiger partial charge >= 0.3 is 0 Å². The Balaban J connectivity index is 1.44. The monoisotopic (exact) mass is 340 g/mol. The number of pyridine rings is 1. The second-order valence-electron chi connectivity index (χ2n) is 6.44. The summed E-state index contributed by atoms with van der Waals surface area (Å²) in [4.78, 5) is 26.4. The van der Waals surface area contributed by atoms with E-state index in [1.54, 1.807) is 19.1 Å². The molecule has 0 saturated carbocycles. The molecule has 1 amide bonds. The number of hydrogen-bond acceptors (Lipinski definition) is 3. The molecule has 0 unspecified atom stereocenters. The summed E-state index contributed by atoms with van der Waals surface area (Å²) >= 11 is 0. The second-order valence-corrected chi connectivity index (χ2v) is 6.44. The van der Waals surface area contributed by atoms with Crippen molar-refractivity contribution in [3.05, 3.63) is 69.1 Å². The average Bonchev–Trinajstić information content (AvgIpc) is 2.61. The number of fused-ring (bicyclic) bond motifs is 1. The van der Waals surface area contributed by atoms with E-state index in [9.17, 15) is 9.59 Å². The van der Waals surface area contributed by atoms with Gasteiger partial charge in [0.1, 0.15) is 5.56 Å². The van der Waals surface area contributed by atoms with Crippen molar-refractivity contribution >= 4 is 5.91 Å². The number of carbonyl (C=O) groups is 1. The van der Waals surface area contributed by atoms with Gasteiger partial charge in [0.2, 0.25) is 0 Å². The van der Waals surface area contributed by atoms with Crippen LogP contribution >= 0.6 is 0 Å². The molecule has 5 heteroatoms. The first kappa shape index (κ1) is 17.4. The maximum absolute atomic E-state index is 12.0. The van der Waals surface area contributed by atoms with Crippen LogP contribution in [0.1, 0.15) is 52.5 Å². The second kappa shape index (κ2) is 8.12. The normalized spacial score (nSPS) is 16.3. The molecule has 1 heterocycles. The Kier molecular flexibility index (Phi) is 5.66. The van der Waals surface area contributed by atoms with Crippen LogP contribution in [-0.4, -0.2) is 24.0 Å². The molecular formula is C20H24N2O3. The molecule has 1 aromatic carbocycles. The van der Waals surface area contributed by atoms with Crippen LogP contribution in [0.4, 0.5) is 0 Å². The highest BCUT2D eigenvalue weighted by Gasteiger charge is 2.19. The summed E-state index contributed by atoms with van der Waals surface area (Å²) in [5.41, 5.74) is 3.21. The Bertz CT molecular complexity index is 798. The third-order valence-electron chi connectivity index (χ3n) is 4.54. The Morgan fingerprint density at radius 1 is 1.28 bits per heavy atom. The highest BCUT2D eigenvalue weighted by atomic mass is 16.5. The summed E-state index contributed by atoms with van der Waals surface area (Å²) in [6.45, 7) is 2.86. The number of nitrogens with one attached hydrogen (secondary N) is 2. The Hall–Kier alpha value is -2.40. The predicted octanol–water partition coefficient (Wildman–Crippen LogP) is 2.90. The van der Waals surface area contributed by atoms with Crippen LogP contribution in [0, 0.1) is 6.92 Å². The van der Waals surface area contributed by atoms with Gasteiger partial charge in [0.05, 0.1) is 6.10 Å². The minimum absolute atomic E-state index is 0.146. The van der Waals surface area contributed by atoms with Crippen molar-refractivity contribution in [2.75, 3.05) is 13.2 Å². The van der Waals surface area contributed by atoms with Gasteiger partial charge in [0, 0.05) is 18.8 Å². The lowest BCUT2D eigenvalue weighted by Crippen LogP contribution is -2.31. The summed E-state index contributed by atoms with van der Waals surface area (Å²) < 4.78 is 6.02. The lowest BCUT2D eigenvalue weighted by molar-refractivity contribution is 0.0393. The highest BCUT2D eigenvalue weighted by Crippen LogP contribution is 2.32. The molecule has 2 N–H and O–H groups in total. The molecule has 0 fully saturated rings. The summed E-state index contributed by atoms with van der Waals surface area (Å²) in [6, 6.07) is 11.7. The standard InChI is InChI=1S/C20H24N2O3/c1-14-10-11-17(20(24)22-14)19(23)21-12-5-13-25-18-9-4-7-15-6-2-3-8-16(15)18/h2-3,6,8,10-11,18H,4-5,7,9,12-13H2,1H3,(H,21,23)(H,22,24)/t18-/m1/s1. The topological polar surface area (TPSA) is 71.2 Å². The van der Waals surface area contributed by atoms with E-state index in [0.717, 1.165) is 25.0 Å². The van der Waals surface area contributed by atoms with Crippen molar-refractivity contribution in [3.63, 3.8) is 0 Å². The third-order valence-corrected chi connectivity index (χ3v) is 4.54. The molecule has 25 heavy (non-hydrogen) atoms. The maximum Gasteiger partial charge on any atom is 0.260 e. The summed E-state index contributed by atoms with van der Waals surface area (Å²) in [6.07, 6.45) is 4.18. The van der Waals surface area contributed by atoms with E-state index in [2.05, 4.69) is 34.6 Å². The van der Waals surface area contributed by atoms with Crippen molar-refractivity contribution in [3.8, 4) is 0 Å². The number of ether oxygens (including phenoxy) is 1. The first-order chi connectivity index (χ1) is 12.1. The van der Waals surface area contributed by atoms with Crippen LogP contribution in [0.25, 0.3) is 0 Å². The molecule has 0 aliphatic heterocycles. The molecule has 2 aromatic rings.